The van der Waals surface area contributed by atoms with Crippen LogP contribution in [-0.4, -0.2) is 122 Å². The molecule has 0 spiro atoms. The highest BCUT2D eigenvalue weighted by molar-refractivity contribution is 7.99. The summed E-state index contributed by atoms with van der Waals surface area (Å²) in [4.78, 5) is 19.0. The van der Waals surface area contributed by atoms with Gasteiger partial charge in [0.15, 0.2) is 0 Å². The SMILES string of the molecule is C/C=C(\CCF)C1=C(CN2CCN(c3ccc(C(=O)NS(=O)(=O)c4ccc(NC(CCN5CCNCC5)CSc5ccccc5)c(S(=O)(=O)C(F)(F)F)c4)cc3)CC2)CCC(C)(C)C1. The lowest BCUT2D eigenvalue weighted by molar-refractivity contribution is -0.0435. The molecule has 1 unspecified atom stereocenters. The van der Waals surface area contributed by atoms with Crippen LogP contribution in [0.2, 0.25) is 0 Å². The molecule has 3 aliphatic rings. The molecule has 6 rings (SSSR count). The maximum Gasteiger partial charge on any atom is 0.501 e. The van der Waals surface area contributed by atoms with Crippen molar-refractivity contribution in [1.82, 2.24) is 19.8 Å². The van der Waals surface area contributed by atoms with E-state index in [9.17, 15) is 39.2 Å². The molecule has 350 valence electrons. The van der Waals surface area contributed by atoms with Crippen LogP contribution in [0.25, 0.3) is 0 Å². The van der Waals surface area contributed by atoms with Crippen molar-refractivity contribution in [3.05, 3.63) is 101 Å². The number of amides is 1. The van der Waals surface area contributed by atoms with Gasteiger partial charge < -0.3 is 20.4 Å². The van der Waals surface area contributed by atoms with Crippen molar-refractivity contribution in [2.45, 2.75) is 79.1 Å². The lowest BCUT2D eigenvalue weighted by Gasteiger charge is -2.39. The number of alkyl halides is 4. The first-order valence-corrected chi connectivity index (χ1v) is 25.7. The average molecular weight is 949 g/mol. The topological polar surface area (TPSA) is 131 Å². The highest BCUT2D eigenvalue weighted by atomic mass is 32.2. The van der Waals surface area contributed by atoms with Gasteiger partial charge in [0.25, 0.3) is 25.8 Å². The fraction of sp³-hybridized carbons (Fsp3) is 0.500. The van der Waals surface area contributed by atoms with Crippen LogP contribution < -0.4 is 20.3 Å². The first kappa shape index (κ1) is 49.5. The molecule has 0 radical (unpaired) electrons. The lowest BCUT2D eigenvalue weighted by Crippen LogP contribution is -2.47. The Morgan fingerprint density at radius 3 is 2.25 bits per heavy atom. The zero-order valence-electron chi connectivity index (χ0n) is 36.7. The van der Waals surface area contributed by atoms with E-state index >= 15 is 0 Å². The van der Waals surface area contributed by atoms with E-state index in [1.807, 2.05) is 48.1 Å². The van der Waals surface area contributed by atoms with Gasteiger partial charge in [-0.3, -0.25) is 14.1 Å². The van der Waals surface area contributed by atoms with Crippen molar-refractivity contribution in [1.29, 1.82) is 0 Å². The van der Waals surface area contributed by atoms with Gasteiger partial charge in [0, 0.05) is 99.8 Å². The summed E-state index contributed by atoms with van der Waals surface area (Å²) in [6.45, 7) is 13.7. The molecule has 3 N–H and O–H groups in total. The maximum absolute atomic E-state index is 14.2. The number of nitrogens with zero attached hydrogens (tertiary/aromatic N) is 3. The molecule has 18 heteroatoms. The third-order valence-electron chi connectivity index (χ3n) is 12.2. The molecular weight excluding hydrogens is 889 g/mol. The highest BCUT2D eigenvalue weighted by Gasteiger charge is 2.48. The van der Waals surface area contributed by atoms with Crippen LogP contribution in [0.15, 0.2) is 110 Å². The second-order valence-electron chi connectivity index (χ2n) is 17.4. The molecule has 2 aliphatic heterocycles. The van der Waals surface area contributed by atoms with E-state index in [-0.39, 0.29) is 17.7 Å². The zero-order valence-corrected chi connectivity index (χ0v) is 39.2. The number of sulfonamides is 1. The van der Waals surface area contributed by atoms with E-state index in [2.05, 4.69) is 39.2 Å². The summed E-state index contributed by atoms with van der Waals surface area (Å²) in [7, 11) is -10.9. The quantitative estimate of drug-likeness (QED) is 0.0850. The van der Waals surface area contributed by atoms with Crippen LogP contribution in [0.4, 0.5) is 28.9 Å². The van der Waals surface area contributed by atoms with Crippen molar-refractivity contribution in [2.75, 3.05) is 88.1 Å². The fourth-order valence-corrected chi connectivity index (χ4v) is 11.5. The maximum atomic E-state index is 14.2. The third-order valence-corrected chi connectivity index (χ3v) is 16.2. The smallest absolute Gasteiger partial charge is 0.380 e. The summed E-state index contributed by atoms with van der Waals surface area (Å²) in [5.74, 6) is -0.649. The molecule has 3 aromatic carbocycles. The van der Waals surface area contributed by atoms with Gasteiger partial charge in [-0.1, -0.05) is 43.7 Å². The normalized spacial score (nSPS) is 18.8. The molecule has 1 atom stereocenters. The van der Waals surface area contributed by atoms with E-state index in [0.717, 1.165) is 93.4 Å². The summed E-state index contributed by atoms with van der Waals surface area (Å²) in [6, 6.07) is 17.7. The summed E-state index contributed by atoms with van der Waals surface area (Å²) in [5, 5.41) is 6.28. The predicted octanol–water partition coefficient (Wildman–Crippen LogP) is 7.90. The molecule has 3 aromatic rings. The highest BCUT2D eigenvalue weighted by Crippen LogP contribution is 2.43. The fourth-order valence-electron chi connectivity index (χ4n) is 8.46. The van der Waals surface area contributed by atoms with Gasteiger partial charge in [-0.25, -0.2) is 21.6 Å². The van der Waals surface area contributed by atoms with Gasteiger partial charge in [0.05, 0.1) is 17.3 Å². The molecule has 1 amide bonds. The summed E-state index contributed by atoms with van der Waals surface area (Å²) in [5.41, 5.74) is -1.37. The average Bonchev–Trinajstić information content (AvgIpc) is 3.27. The Morgan fingerprint density at radius 2 is 1.61 bits per heavy atom. The molecule has 11 nitrogen and oxygen atoms in total. The summed E-state index contributed by atoms with van der Waals surface area (Å²) < 4.78 is 111. The number of carbonyl (C=O) groups excluding carboxylic acids is 1. The Kier molecular flexibility index (Phi) is 16.7. The van der Waals surface area contributed by atoms with E-state index in [4.69, 9.17) is 0 Å². The molecule has 0 bridgehead atoms. The van der Waals surface area contributed by atoms with Gasteiger partial charge >= 0.3 is 5.51 Å². The molecule has 2 heterocycles. The van der Waals surface area contributed by atoms with Gasteiger partial charge in [-0.2, -0.15) is 13.2 Å². The van der Waals surface area contributed by atoms with Crippen molar-refractivity contribution in [3.8, 4) is 0 Å². The number of halogens is 4. The minimum Gasteiger partial charge on any atom is -0.380 e. The second kappa shape index (κ2) is 21.6. The number of allylic oxidation sites excluding steroid dienone is 3. The number of rotatable bonds is 18. The lowest BCUT2D eigenvalue weighted by atomic mass is 9.72. The minimum absolute atomic E-state index is 0.0108. The van der Waals surface area contributed by atoms with Crippen molar-refractivity contribution in [3.63, 3.8) is 0 Å². The first-order valence-electron chi connectivity index (χ1n) is 21.8. The standard InChI is InChI=1S/C46H60F4N6O5S3/c1-4-34(17-20-47)41-31-45(2,3)19-16-36(41)32-55-26-28-56(29-27-55)38-12-10-35(11-13-38)44(57)53-64(60,61)40-14-15-42(43(30-40)63(58,59)46(48,49)50)52-37(18-23-54-24-21-51-22-25-54)33-62-39-8-6-5-7-9-39/h4-15,30,37,51-52H,16-29,31-33H2,1-3H3,(H,53,57)/b34-4+. The largest absolute Gasteiger partial charge is 0.501 e. The molecule has 64 heavy (non-hydrogen) atoms. The number of sulfone groups is 1. The van der Waals surface area contributed by atoms with Gasteiger partial charge in [0.1, 0.15) is 4.90 Å². The third kappa shape index (κ3) is 12.9. The van der Waals surface area contributed by atoms with E-state index in [0.29, 0.717) is 44.3 Å². The van der Waals surface area contributed by atoms with Crippen molar-refractivity contribution >= 4 is 48.9 Å². The van der Waals surface area contributed by atoms with E-state index in [1.165, 1.54) is 35.0 Å². The Balaban J connectivity index is 1.13. The molecular formula is C46H60F4N6O5S3. The van der Waals surface area contributed by atoms with Crippen LogP contribution in [0, 0.1) is 5.41 Å². The van der Waals surface area contributed by atoms with Gasteiger partial charge in [0.2, 0.25) is 0 Å². The van der Waals surface area contributed by atoms with E-state index in [1.54, 1.807) is 12.1 Å². The number of anilines is 2. The van der Waals surface area contributed by atoms with Crippen LogP contribution in [-0.2, 0) is 19.9 Å². The molecule has 0 saturated carbocycles. The Morgan fingerprint density at radius 1 is 0.922 bits per heavy atom. The number of hydrogen-bond acceptors (Lipinski definition) is 11. The Labute approximate surface area is 380 Å². The Bertz CT molecular complexity index is 2350. The van der Waals surface area contributed by atoms with Crippen LogP contribution >= 0.6 is 11.8 Å². The minimum atomic E-state index is -6.05. The summed E-state index contributed by atoms with van der Waals surface area (Å²) >= 11 is 1.46. The number of benzene rings is 3. The van der Waals surface area contributed by atoms with E-state index < -0.39 is 52.8 Å². The molecule has 2 saturated heterocycles. The monoisotopic (exact) mass is 948 g/mol. The van der Waals surface area contributed by atoms with Crippen LogP contribution in [0.1, 0.15) is 63.2 Å². The molecule has 2 fully saturated rings. The van der Waals surface area contributed by atoms with Crippen LogP contribution in [0.5, 0.6) is 0 Å². The number of nitrogens with one attached hydrogen (secondary N) is 3. The number of carbonyl (C=O) groups is 1. The Hall–Kier alpha value is -3.94. The first-order chi connectivity index (χ1) is 30.4. The van der Waals surface area contributed by atoms with Crippen molar-refractivity contribution in [2.24, 2.45) is 5.41 Å². The predicted molar refractivity (Wildman–Crippen MR) is 247 cm³/mol. The van der Waals surface area contributed by atoms with Crippen LogP contribution in [0.3, 0.4) is 0 Å². The molecule has 0 aromatic heterocycles. The number of thioether (sulfide) groups is 1. The van der Waals surface area contributed by atoms with Gasteiger partial charge in [-0.15, -0.1) is 11.8 Å². The van der Waals surface area contributed by atoms with Gasteiger partial charge in [-0.05, 0) is 104 Å². The zero-order chi connectivity index (χ0) is 46.1. The summed E-state index contributed by atoms with van der Waals surface area (Å²) in [6.07, 6.45) is 5.93. The van der Waals surface area contributed by atoms with Crippen molar-refractivity contribution < 1.29 is 39.2 Å². The number of piperazine rings is 2. The second-order valence-corrected chi connectivity index (χ2v) is 22.1. The number of hydrogen-bond donors (Lipinski definition) is 3. The molecule has 1 aliphatic carbocycles.